The molecule has 2 amide bonds. The van der Waals surface area contributed by atoms with Crippen LogP contribution in [-0.4, -0.2) is 53.5 Å². The molecule has 0 aliphatic carbocycles. The number of nitrogens with zero attached hydrogens (tertiary/aromatic N) is 2. The van der Waals surface area contributed by atoms with Crippen LogP contribution in [0.5, 0.6) is 11.5 Å². The van der Waals surface area contributed by atoms with Crippen molar-refractivity contribution in [2.75, 3.05) is 20.7 Å². The van der Waals surface area contributed by atoms with Gasteiger partial charge in [0, 0.05) is 14.1 Å². The summed E-state index contributed by atoms with van der Waals surface area (Å²) in [6, 6.07) is 3.52. The minimum Gasteiger partial charge on any atom is -0.490 e. The van der Waals surface area contributed by atoms with Crippen LogP contribution in [0.4, 0.5) is 0 Å². The summed E-state index contributed by atoms with van der Waals surface area (Å²) in [5.74, 6) is 0.250. The molecule has 1 heterocycles. The summed E-state index contributed by atoms with van der Waals surface area (Å²) in [5.41, 5.74) is 0.679. The first-order valence-corrected chi connectivity index (χ1v) is 9.32. The van der Waals surface area contributed by atoms with Crippen LogP contribution in [0, 0.1) is 0 Å². The van der Waals surface area contributed by atoms with Crippen molar-refractivity contribution in [2.45, 2.75) is 26.9 Å². The number of likely N-dealkylation sites (N-methyl/N-ethyl adjacent to an activating group) is 2. The average Bonchev–Trinajstić information content (AvgIpc) is 2.58. The van der Waals surface area contributed by atoms with E-state index in [1.54, 1.807) is 26.2 Å². The number of ether oxygens (including phenoxy) is 2. The number of benzene rings is 1. The van der Waals surface area contributed by atoms with Crippen molar-refractivity contribution < 1.29 is 19.1 Å². The summed E-state index contributed by atoms with van der Waals surface area (Å²) >= 11 is 8.57. The van der Waals surface area contributed by atoms with Gasteiger partial charge in [-0.1, -0.05) is 0 Å². The molecule has 0 unspecified atom stereocenters. The third kappa shape index (κ3) is 4.07. The van der Waals surface area contributed by atoms with Gasteiger partial charge in [0.1, 0.15) is 5.57 Å². The SMILES string of the molecule is CCOc1cc(C=C2C(=O)N(C)C(=S)N(C)C2=O)cc(Br)c1OC(C)C. The van der Waals surface area contributed by atoms with E-state index in [0.717, 1.165) is 0 Å². The van der Waals surface area contributed by atoms with E-state index in [1.807, 2.05) is 20.8 Å². The third-order valence-electron chi connectivity index (χ3n) is 3.64. The van der Waals surface area contributed by atoms with Gasteiger partial charge in [0.15, 0.2) is 16.6 Å². The zero-order valence-electron chi connectivity index (χ0n) is 15.3. The van der Waals surface area contributed by atoms with E-state index in [-0.39, 0.29) is 16.8 Å². The van der Waals surface area contributed by atoms with Gasteiger partial charge < -0.3 is 9.47 Å². The number of amides is 2. The lowest BCUT2D eigenvalue weighted by molar-refractivity contribution is -0.132. The Morgan fingerprint density at radius 2 is 1.77 bits per heavy atom. The lowest BCUT2D eigenvalue weighted by atomic mass is 10.1. The minimum atomic E-state index is -0.435. The highest BCUT2D eigenvalue weighted by atomic mass is 79.9. The smallest absolute Gasteiger partial charge is 0.265 e. The normalized spacial score (nSPS) is 15.0. The molecule has 1 saturated heterocycles. The maximum absolute atomic E-state index is 12.5. The highest BCUT2D eigenvalue weighted by Gasteiger charge is 2.35. The maximum Gasteiger partial charge on any atom is 0.265 e. The van der Waals surface area contributed by atoms with Crippen LogP contribution < -0.4 is 9.47 Å². The number of carbonyl (C=O) groups is 2. The number of rotatable bonds is 5. The van der Waals surface area contributed by atoms with E-state index in [0.29, 0.717) is 28.1 Å². The zero-order chi connectivity index (χ0) is 19.6. The number of thiocarbonyl (C=S) groups is 1. The molecule has 0 N–H and O–H groups in total. The lowest BCUT2D eigenvalue weighted by Crippen LogP contribution is -2.52. The van der Waals surface area contributed by atoms with E-state index >= 15 is 0 Å². The van der Waals surface area contributed by atoms with Gasteiger partial charge in [0.25, 0.3) is 11.8 Å². The number of hydrogen-bond acceptors (Lipinski definition) is 5. The van der Waals surface area contributed by atoms with E-state index in [1.165, 1.54) is 15.9 Å². The summed E-state index contributed by atoms with van der Waals surface area (Å²) in [5, 5.41) is 0.175. The van der Waals surface area contributed by atoms with Gasteiger partial charge in [-0.25, -0.2) is 0 Å². The number of halogens is 1. The van der Waals surface area contributed by atoms with Crippen LogP contribution in [0.2, 0.25) is 0 Å². The Bertz CT molecular complexity index is 766. The predicted molar refractivity (Wildman–Crippen MR) is 107 cm³/mol. The molecular weight excluding hydrogens is 420 g/mol. The fourth-order valence-corrected chi connectivity index (χ4v) is 3.14. The topological polar surface area (TPSA) is 59.1 Å². The third-order valence-corrected chi connectivity index (χ3v) is 4.78. The quantitative estimate of drug-likeness (QED) is 0.399. The maximum atomic E-state index is 12.5. The van der Waals surface area contributed by atoms with Crippen molar-refractivity contribution in [1.82, 2.24) is 9.80 Å². The highest BCUT2D eigenvalue weighted by Crippen LogP contribution is 2.38. The molecule has 0 atom stereocenters. The van der Waals surface area contributed by atoms with Gasteiger partial charge in [0.2, 0.25) is 0 Å². The fraction of sp³-hybridized carbons (Fsp3) is 0.389. The molecule has 8 heteroatoms. The average molecular weight is 441 g/mol. The largest absolute Gasteiger partial charge is 0.490 e. The monoisotopic (exact) mass is 440 g/mol. The molecular formula is C18H21BrN2O4S. The van der Waals surface area contributed by atoms with Crippen LogP contribution in [0.3, 0.4) is 0 Å². The van der Waals surface area contributed by atoms with Crippen LogP contribution in [-0.2, 0) is 9.59 Å². The van der Waals surface area contributed by atoms with Gasteiger partial charge in [-0.15, -0.1) is 0 Å². The standard InChI is InChI=1S/C18H21BrN2O4S/c1-6-24-14-9-11(8-13(19)15(14)25-10(2)3)7-12-16(22)20(4)18(26)21(5)17(12)23/h7-10H,6H2,1-5H3. The Balaban J connectivity index is 2.51. The summed E-state index contributed by atoms with van der Waals surface area (Å²) in [4.78, 5) is 27.5. The minimum absolute atomic E-state index is 0.0282. The highest BCUT2D eigenvalue weighted by molar-refractivity contribution is 9.10. The second-order valence-corrected chi connectivity index (χ2v) is 7.22. The van der Waals surface area contributed by atoms with Crippen LogP contribution in [0.25, 0.3) is 6.08 Å². The van der Waals surface area contributed by atoms with Crippen molar-refractivity contribution in [2.24, 2.45) is 0 Å². The van der Waals surface area contributed by atoms with Crippen LogP contribution >= 0.6 is 28.1 Å². The van der Waals surface area contributed by atoms with Crippen molar-refractivity contribution in [1.29, 1.82) is 0 Å². The summed E-state index contributed by atoms with van der Waals surface area (Å²) in [6.07, 6.45) is 1.51. The molecule has 140 valence electrons. The van der Waals surface area contributed by atoms with Gasteiger partial charge in [0.05, 0.1) is 17.2 Å². The first-order valence-electron chi connectivity index (χ1n) is 8.12. The molecule has 1 aromatic rings. The molecule has 1 aliphatic rings. The van der Waals surface area contributed by atoms with E-state index < -0.39 is 11.8 Å². The Hall–Kier alpha value is -1.93. The first kappa shape index (κ1) is 20.4. The van der Waals surface area contributed by atoms with Gasteiger partial charge in [-0.2, -0.15) is 0 Å². The molecule has 1 aliphatic heterocycles. The fourth-order valence-electron chi connectivity index (χ4n) is 2.43. The summed E-state index contributed by atoms with van der Waals surface area (Å²) in [7, 11) is 3.09. The van der Waals surface area contributed by atoms with Crippen LogP contribution in [0.15, 0.2) is 22.2 Å². The molecule has 26 heavy (non-hydrogen) atoms. The van der Waals surface area contributed by atoms with Crippen molar-refractivity contribution in [3.8, 4) is 11.5 Å². The molecule has 0 saturated carbocycles. The van der Waals surface area contributed by atoms with E-state index in [9.17, 15) is 9.59 Å². The Morgan fingerprint density at radius 1 is 1.19 bits per heavy atom. The first-order chi connectivity index (χ1) is 12.2. The Labute approximate surface area is 166 Å². The Morgan fingerprint density at radius 3 is 2.27 bits per heavy atom. The Kier molecular flexibility index (Phi) is 6.41. The van der Waals surface area contributed by atoms with E-state index in [2.05, 4.69) is 15.9 Å². The predicted octanol–water partition coefficient (Wildman–Crippen LogP) is 3.23. The van der Waals surface area contributed by atoms with E-state index in [4.69, 9.17) is 21.7 Å². The molecule has 2 rings (SSSR count). The molecule has 0 aromatic heterocycles. The molecule has 1 aromatic carbocycles. The van der Waals surface area contributed by atoms with Crippen LogP contribution in [0.1, 0.15) is 26.3 Å². The second-order valence-electron chi connectivity index (χ2n) is 6.00. The number of carbonyl (C=O) groups excluding carboxylic acids is 2. The lowest BCUT2D eigenvalue weighted by Gasteiger charge is -2.31. The van der Waals surface area contributed by atoms with Gasteiger partial charge in [-0.05, 0) is 72.7 Å². The molecule has 6 nitrogen and oxygen atoms in total. The van der Waals surface area contributed by atoms with Crippen molar-refractivity contribution in [3.05, 3.63) is 27.7 Å². The number of hydrogen-bond donors (Lipinski definition) is 0. The van der Waals surface area contributed by atoms with Gasteiger partial charge in [-0.3, -0.25) is 19.4 Å². The summed E-state index contributed by atoms with van der Waals surface area (Å²) < 4.78 is 12.1. The molecule has 0 radical (unpaired) electrons. The zero-order valence-corrected chi connectivity index (χ0v) is 17.7. The molecule has 0 spiro atoms. The molecule has 1 fully saturated rings. The molecule has 0 bridgehead atoms. The summed E-state index contributed by atoms with van der Waals surface area (Å²) in [6.45, 7) is 6.17. The second kappa shape index (κ2) is 8.18. The van der Waals surface area contributed by atoms with Crippen molar-refractivity contribution in [3.63, 3.8) is 0 Å². The van der Waals surface area contributed by atoms with Crippen molar-refractivity contribution >= 4 is 51.2 Å². The van der Waals surface area contributed by atoms with Gasteiger partial charge >= 0.3 is 0 Å².